The minimum absolute atomic E-state index is 0.710. The van der Waals surface area contributed by atoms with Crippen LogP contribution in [0.25, 0.3) is 0 Å². The van der Waals surface area contributed by atoms with Crippen LogP contribution >= 0.6 is 0 Å². The van der Waals surface area contributed by atoms with Crippen LogP contribution < -0.4 is 10.6 Å². The van der Waals surface area contributed by atoms with E-state index >= 15 is 0 Å². The highest BCUT2D eigenvalue weighted by molar-refractivity contribution is 4.78. The van der Waals surface area contributed by atoms with Crippen LogP contribution in [0.1, 0.15) is 78.1 Å². The summed E-state index contributed by atoms with van der Waals surface area (Å²) in [4.78, 5) is 0. The van der Waals surface area contributed by atoms with Crippen molar-refractivity contribution < 1.29 is 0 Å². The second-order valence-corrected chi connectivity index (χ2v) is 7.28. The van der Waals surface area contributed by atoms with Crippen LogP contribution in [0.2, 0.25) is 0 Å². The zero-order valence-electron chi connectivity index (χ0n) is 13.8. The van der Waals surface area contributed by atoms with Gasteiger partial charge in [0.1, 0.15) is 0 Å². The van der Waals surface area contributed by atoms with Gasteiger partial charge in [0.05, 0.1) is 0 Å². The maximum absolute atomic E-state index is 3.75. The summed E-state index contributed by atoms with van der Waals surface area (Å²) < 4.78 is 0. The molecule has 0 amide bonds. The summed E-state index contributed by atoms with van der Waals surface area (Å²) in [6, 6.07) is 1.42. The fourth-order valence-corrected chi connectivity index (χ4v) is 4.20. The van der Waals surface area contributed by atoms with E-state index in [9.17, 15) is 0 Å². The second-order valence-electron chi connectivity index (χ2n) is 7.28. The molecule has 0 spiro atoms. The van der Waals surface area contributed by atoms with Crippen LogP contribution in [0.15, 0.2) is 0 Å². The molecule has 2 aliphatic rings. The third kappa shape index (κ3) is 5.37. The molecule has 0 bridgehead atoms. The molecule has 0 aromatic rings. The molecule has 118 valence electrons. The molecule has 2 rings (SSSR count). The van der Waals surface area contributed by atoms with Crippen molar-refractivity contribution in [1.82, 2.24) is 10.6 Å². The van der Waals surface area contributed by atoms with E-state index in [-0.39, 0.29) is 0 Å². The highest BCUT2D eigenvalue weighted by Gasteiger charge is 2.21. The van der Waals surface area contributed by atoms with Gasteiger partial charge < -0.3 is 10.6 Å². The molecule has 2 aliphatic carbocycles. The Morgan fingerprint density at radius 2 is 1.00 bits per heavy atom. The molecule has 2 nitrogen and oxygen atoms in total. The minimum atomic E-state index is 0.710. The summed E-state index contributed by atoms with van der Waals surface area (Å²) in [6.45, 7) is 7.05. The summed E-state index contributed by atoms with van der Waals surface area (Å²) in [5.74, 6) is 1.86. The van der Waals surface area contributed by atoms with Gasteiger partial charge in [0.2, 0.25) is 0 Å². The Bertz CT molecular complexity index is 216. The summed E-state index contributed by atoms with van der Waals surface area (Å²) in [5, 5.41) is 7.50. The predicted octanol–water partition coefficient (Wildman–Crippen LogP) is 4.10. The van der Waals surface area contributed by atoms with Gasteiger partial charge in [-0.25, -0.2) is 0 Å². The Labute approximate surface area is 126 Å². The van der Waals surface area contributed by atoms with Crippen molar-refractivity contribution in [2.45, 2.75) is 90.1 Å². The van der Waals surface area contributed by atoms with Gasteiger partial charge in [-0.3, -0.25) is 0 Å². The van der Waals surface area contributed by atoms with Crippen molar-refractivity contribution in [2.24, 2.45) is 11.8 Å². The highest BCUT2D eigenvalue weighted by atomic mass is 15.0. The first-order chi connectivity index (χ1) is 9.77. The van der Waals surface area contributed by atoms with Crippen LogP contribution in [0, 0.1) is 11.8 Å². The Kier molecular flexibility index (Phi) is 7.37. The Morgan fingerprint density at radius 1 is 0.650 bits per heavy atom. The first-order valence-corrected chi connectivity index (χ1v) is 9.24. The lowest BCUT2D eigenvalue weighted by atomic mass is 9.84. The van der Waals surface area contributed by atoms with Crippen molar-refractivity contribution in [3.8, 4) is 0 Å². The van der Waals surface area contributed by atoms with E-state index in [1.165, 1.54) is 64.2 Å². The van der Waals surface area contributed by atoms with Gasteiger partial charge in [0.15, 0.2) is 0 Å². The summed E-state index contributed by atoms with van der Waals surface area (Å²) in [7, 11) is 0. The first-order valence-electron chi connectivity index (χ1n) is 9.24. The molecule has 0 unspecified atom stereocenters. The Balaban J connectivity index is 1.53. The van der Waals surface area contributed by atoms with Crippen molar-refractivity contribution in [1.29, 1.82) is 0 Å². The van der Waals surface area contributed by atoms with E-state index in [0.717, 1.165) is 24.9 Å². The maximum atomic E-state index is 3.75. The number of rotatable bonds is 7. The first kappa shape index (κ1) is 16.3. The smallest absolute Gasteiger partial charge is 0.00794 e. The summed E-state index contributed by atoms with van der Waals surface area (Å²) >= 11 is 0. The molecular formula is C18H36N2. The van der Waals surface area contributed by atoms with E-state index < -0.39 is 0 Å². The Hall–Kier alpha value is -0.0800. The van der Waals surface area contributed by atoms with E-state index in [1.807, 2.05) is 0 Å². The molecule has 0 aliphatic heterocycles. The van der Waals surface area contributed by atoms with Crippen LogP contribution in [0.4, 0.5) is 0 Å². The zero-order chi connectivity index (χ0) is 14.2. The molecule has 20 heavy (non-hydrogen) atoms. The number of hydrogen-bond donors (Lipinski definition) is 2. The average molecular weight is 280 g/mol. The lowest BCUT2D eigenvalue weighted by Gasteiger charge is -2.30. The van der Waals surface area contributed by atoms with Crippen LogP contribution in [0.3, 0.4) is 0 Å². The molecular weight excluding hydrogens is 244 g/mol. The van der Waals surface area contributed by atoms with Gasteiger partial charge in [-0.05, 0) is 51.4 Å². The van der Waals surface area contributed by atoms with Crippen LogP contribution in [-0.2, 0) is 0 Å². The second kappa shape index (κ2) is 9.04. The van der Waals surface area contributed by atoms with Gasteiger partial charge in [-0.15, -0.1) is 0 Å². The van der Waals surface area contributed by atoms with Crippen LogP contribution in [-0.4, -0.2) is 25.2 Å². The lowest BCUT2D eigenvalue weighted by molar-refractivity contribution is 0.267. The van der Waals surface area contributed by atoms with E-state index in [1.54, 1.807) is 0 Å². The fourth-order valence-electron chi connectivity index (χ4n) is 4.20. The summed E-state index contributed by atoms with van der Waals surface area (Å²) in [6.07, 6.45) is 14.5. The molecule has 0 heterocycles. The molecule has 0 aromatic carbocycles. The van der Waals surface area contributed by atoms with E-state index in [0.29, 0.717) is 12.1 Å². The number of hydrogen-bond acceptors (Lipinski definition) is 2. The molecule has 0 aromatic heterocycles. The topological polar surface area (TPSA) is 24.1 Å². The van der Waals surface area contributed by atoms with Gasteiger partial charge in [-0.1, -0.05) is 38.5 Å². The van der Waals surface area contributed by atoms with Gasteiger partial charge in [-0.2, -0.15) is 0 Å². The van der Waals surface area contributed by atoms with Gasteiger partial charge in [0.25, 0.3) is 0 Å². The average Bonchev–Trinajstić information content (AvgIpc) is 2.53. The number of nitrogens with one attached hydrogen (secondary N) is 2. The molecule has 2 fully saturated rings. The van der Waals surface area contributed by atoms with Crippen molar-refractivity contribution >= 4 is 0 Å². The molecule has 2 N–H and O–H groups in total. The van der Waals surface area contributed by atoms with Gasteiger partial charge in [0, 0.05) is 25.2 Å². The molecule has 0 radical (unpaired) electrons. The third-order valence-electron chi connectivity index (χ3n) is 5.77. The largest absolute Gasteiger partial charge is 0.313 e. The SMILES string of the molecule is C[C@H](NCCN[C@@H](C)C1CCCCC1)C1CCCCC1. The molecule has 2 saturated carbocycles. The summed E-state index contributed by atoms with van der Waals surface area (Å²) in [5.41, 5.74) is 0. The fraction of sp³-hybridized carbons (Fsp3) is 1.00. The van der Waals surface area contributed by atoms with Gasteiger partial charge >= 0.3 is 0 Å². The highest BCUT2D eigenvalue weighted by Crippen LogP contribution is 2.27. The minimum Gasteiger partial charge on any atom is -0.313 e. The van der Waals surface area contributed by atoms with Crippen LogP contribution in [0.5, 0.6) is 0 Å². The molecule has 0 saturated heterocycles. The Morgan fingerprint density at radius 3 is 1.35 bits per heavy atom. The monoisotopic (exact) mass is 280 g/mol. The normalized spacial score (nSPS) is 25.5. The van der Waals surface area contributed by atoms with E-state index in [2.05, 4.69) is 24.5 Å². The standard InChI is InChI=1S/C18H36N2/c1-15(17-9-5-3-6-10-17)19-13-14-20-16(2)18-11-7-4-8-12-18/h15-20H,3-14H2,1-2H3/t15-,16-/m0/s1. The van der Waals surface area contributed by atoms with E-state index in [4.69, 9.17) is 0 Å². The maximum Gasteiger partial charge on any atom is 0.00794 e. The molecule has 2 heteroatoms. The molecule has 2 atom stereocenters. The lowest BCUT2D eigenvalue weighted by Crippen LogP contribution is -2.42. The van der Waals surface area contributed by atoms with Crippen molar-refractivity contribution in [3.05, 3.63) is 0 Å². The van der Waals surface area contributed by atoms with Crippen molar-refractivity contribution in [2.75, 3.05) is 13.1 Å². The quantitative estimate of drug-likeness (QED) is 0.686. The third-order valence-corrected chi connectivity index (χ3v) is 5.77. The van der Waals surface area contributed by atoms with Crippen molar-refractivity contribution in [3.63, 3.8) is 0 Å². The predicted molar refractivity (Wildman–Crippen MR) is 88.1 cm³/mol. The zero-order valence-corrected chi connectivity index (χ0v) is 13.8.